The van der Waals surface area contributed by atoms with Crippen molar-refractivity contribution in [3.05, 3.63) is 114 Å². The van der Waals surface area contributed by atoms with Gasteiger partial charge in [0.2, 0.25) is 0 Å². The van der Waals surface area contributed by atoms with Crippen molar-refractivity contribution in [1.29, 1.82) is 0 Å². The number of rotatable bonds is 4. The lowest BCUT2D eigenvalue weighted by Gasteiger charge is -2.26. The largest absolute Gasteiger partial charge is 0.464 e. The van der Waals surface area contributed by atoms with Gasteiger partial charge in [0.1, 0.15) is 10.6 Å². The molecule has 0 saturated carbocycles. The molecule has 0 aliphatic carbocycles. The van der Waals surface area contributed by atoms with Gasteiger partial charge in [0.15, 0.2) is 5.69 Å². The van der Waals surface area contributed by atoms with Crippen molar-refractivity contribution in [3.8, 4) is 27.6 Å². The molecule has 1 aliphatic rings. The molecule has 0 unspecified atom stereocenters. The number of benzene rings is 3. The molecule has 0 atom stereocenters. The van der Waals surface area contributed by atoms with Crippen LogP contribution in [0.2, 0.25) is 0 Å². The van der Waals surface area contributed by atoms with E-state index in [1.807, 2.05) is 24.3 Å². The van der Waals surface area contributed by atoms with Gasteiger partial charge in [-0.05, 0) is 39.6 Å². The maximum Gasteiger partial charge on any atom is 0.391 e. The van der Waals surface area contributed by atoms with Gasteiger partial charge in [0.25, 0.3) is 0 Å². The number of allylic oxidation sites excluding steroid dienone is 1. The third kappa shape index (κ3) is 3.80. The van der Waals surface area contributed by atoms with Crippen LogP contribution in [0.1, 0.15) is 11.3 Å². The van der Waals surface area contributed by atoms with Crippen molar-refractivity contribution >= 4 is 34.1 Å². The highest BCUT2D eigenvalue weighted by Crippen LogP contribution is 2.36. The first-order valence-electron chi connectivity index (χ1n) is 11.5. The molecule has 4 nitrogen and oxygen atoms in total. The molecular weight excluding hydrogens is 450 g/mol. The number of hydrogen-bond donors (Lipinski definition) is 0. The fourth-order valence-electron chi connectivity index (χ4n) is 4.48. The topological polar surface area (TPSA) is 29.5 Å². The molecule has 0 saturated heterocycles. The first kappa shape index (κ1) is 21.3. The van der Waals surface area contributed by atoms with Gasteiger partial charge in [0.05, 0.1) is 7.11 Å². The average molecular weight is 475 g/mol. The molecule has 5 aromatic rings. The zero-order chi connectivity index (χ0) is 23.8. The van der Waals surface area contributed by atoms with Crippen LogP contribution >= 0.6 is 11.3 Å². The number of fused-ring (bicyclic) bond motifs is 2. The monoisotopic (exact) mass is 474 g/mol. The number of nitrogens with zero attached hydrogens (tertiary/aromatic N) is 3. The maximum absolute atomic E-state index is 5.98. The van der Waals surface area contributed by atoms with E-state index in [-0.39, 0.29) is 0 Å². The van der Waals surface area contributed by atoms with Crippen LogP contribution in [0.25, 0.3) is 38.8 Å². The van der Waals surface area contributed by atoms with E-state index in [2.05, 4.69) is 101 Å². The molecule has 0 N–H and O–H groups in total. The lowest BCUT2D eigenvalue weighted by Crippen LogP contribution is -2.28. The van der Waals surface area contributed by atoms with Gasteiger partial charge in [-0.25, -0.2) is 0 Å². The summed E-state index contributed by atoms with van der Waals surface area (Å²) < 4.78 is 8.10. The van der Waals surface area contributed by atoms with Gasteiger partial charge >= 0.3 is 10.8 Å². The summed E-state index contributed by atoms with van der Waals surface area (Å²) in [7, 11) is 3.83. The van der Waals surface area contributed by atoms with E-state index in [4.69, 9.17) is 9.72 Å². The minimum atomic E-state index is 0.790. The van der Waals surface area contributed by atoms with E-state index < -0.39 is 0 Å². The Morgan fingerprint density at radius 1 is 0.857 bits per heavy atom. The minimum Gasteiger partial charge on any atom is -0.464 e. The second-order valence-corrected chi connectivity index (χ2v) is 9.35. The maximum atomic E-state index is 5.98. The molecule has 0 radical (unpaired) electrons. The molecule has 3 heterocycles. The van der Waals surface area contributed by atoms with Crippen molar-refractivity contribution in [3.63, 3.8) is 0 Å². The first-order valence-corrected chi connectivity index (χ1v) is 12.3. The Labute approximate surface area is 208 Å². The second kappa shape index (κ2) is 8.85. The average Bonchev–Trinajstić information content (AvgIpc) is 3.30. The summed E-state index contributed by atoms with van der Waals surface area (Å²) in [5.41, 5.74) is 7.63. The molecule has 2 aromatic heterocycles. The van der Waals surface area contributed by atoms with Crippen LogP contribution in [0.5, 0.6) is 5.88 Å². The number of thiazole rings is 1. The van der Waals surface area contributed by atoms with Gasteiger partial charge < -0.3 is 9.64 Å². The summed E-state index contributed by atoms with van der Waals surface area (Å²) in [6.45, 7) is 0. The SMILES string of the molecule is COc1c(-c2ccccc2)sc2nc(-c3ccccc3)cc(C=C3C=Cc4ccccc4N3C)[n+]12. The fraction of sp³-hybridized carbons (Fsp3) is 0.0667. The van der Waals surface area contributed by atoms with E-state index in [1.165, 1.54) is 11.3 Å². The van der Waals surface area contributed by atoms with Crippen molar-refractivity contribution in [2.24, 2.45) is 0 Å². The van der Waals surface area contributed by atoms with Crippen LogP contribution in [0.4, 0.5) is 5.69 Å². The molecular formula is C30H24N3OS+. The van der Waals surface area contributed by atoms with Crippen LogP contribution in [0.3, 0.4) is 0 Å². The van der Waals surface area contributed by atoms with Crippen LogP contribution < -0.4 is 14.0 Å². The van der Waals surface area contributed by atoms with Gasteiger partial charge in [-0.1, -0.05) is 84.9 Å². The smallest absolute Gasteiger partial charge is 0.391 e. The molecule has 0 spiro atoms. The van der Waals surface area contributed by atoms with E-state index in [0.29, 0.717) is 0 Å². The summed E-state index contributed by atoms with van der Waals surface area (Å²) in [6, 6.07) is 31.2. The van der Waals surface area contributed by atoms with Crippen LogP contribution in [0.15, 0.2) is 103 Å². The molecule has 170 valence electrons. The first-order chi connectivity index (χ1) is 17.2. The predicted octanol–water partition coefficient (Wildman–Crippen LogP) is 6.73. The van der Waals surface area contributed by atoms with Gasteiger partial charge in [-0.15, -0.1) is 4.40 Å². The van der Waals surface area contributed by atoms with E-state index in [1.54, 1.807) is 18.4 Å². The molecule has 35 heavy (non-hydrogen) atoms. The number of aromatic nitrogens is 2. The lowest BCUT2D eigenvalue weighted by atomic mass is 10.1. The molecule has 6 rings (SSSR count). The normalized spacial score (nSPS) is 13.9. The Morgan fingerprint density at radius 2 is 1.54 bits per heavy atom. The van der Waals surface area contributed by atoms with E-state index in [0.717, 1.165) is 43.9 Å². The van der Waals surface area contributed by atoms with Crippen LogP contribution in [-0.4, -0.2) is 19.1 Å². The summed E-state index contributed by atoms with van der Waals surface area (Å²) in [5.74, 6) is 0.790. The molecule has 1 aliphatic heterocycles. The molecule has 0 bridgehead atoms. The van der Waals surface area contributed by atoms with Crippen molar-refractivity contribution < 1.29 is 9.14 Å². The second-order valence-electron chi connectivity index (χ2n) is 8.38. The van der Waals surface area contributed by atoms with Gasteiger partial charge in [-0.3, -0.25) is 0 Å². The predicted molar refractivity (Wildman–Crippen MR) is 145 cm³/mol. The summed E-state index contributed by atoms with van der Waals surface area (Å²) >= 11 is 1.64. The quantitative estimate of drug-likeness (QED) is 0.271. The molecule has 3 aromatic carbocycles. The fourth-order valence-corrected chi connectivity index (χ4v) is 5.61. The Kier molecular flexibility index (Phi) is 5.39. The van der Waals surface area contributed by atoms with Crippen molar-refractivity contribution in [2.45, 2.75) is 0 Å². The van der Waals surface area contributed by atoms with E-state index in [9.17, 15) is 0 Å². The Balaban J connectivity index is 1.60. The van der Waals surface area contributed by atoms with Crippen molar-refractivity contribution in [1.82, 2.24) is 4.98 Å². The number of likely N-dealkylation sites (N-methyl/N-ethyl adjacent to an activating group) is 1. The third-order valence-electron chi connectivity index (χ3n) is 6.25. The number of methoxy groups -OCH3 is 1. The summed E-state index contributed by atoms with van der Waals surface area (Å²) in [4.78, 5) is 9.22. The molecule has 0 amide bonds. The van der Waals surface area contributed by atoms with Gasteiger partial charge in [-0.2, -0.15) is 0 Å². The number of para-hydroxylation sites is 1. The van der Waals surface area contributed by atoms with E-state index >= 15 is 0 Å². The summed E-state index contributed by atoms with van der Waals surface area (Å²) in [6.07, 6.45) is 6.54. The highest BCUT2D eigenvalue weighted by molar-refractivity contribution is 7.20. The Hall–Kier alpha value is -4.22. The standard InChI is InChI=1S/C30H24N3OS/c1-32-24(18-17-22-13-9-10-16-27(22)32)19-25-20-26(21-11-5-3-6-12-21)31-30-33(25)29(34-2)28(35-30)23-14-7-4-8-15-23/h3-20H,1-2H3/q+1. The zero-order valence-corrected chi connectivity index (χ0v) is 20.4. The van der Waals surface area contributed by atoms with Gasteiger partial charge in [0, 0.05) is 36.1 Å². The minimum absolute atomic E-state index is 0.790. The Bertz CT molecular complexity index is 1590. The highest BCUT2D eigenvalue weighted by Gasteiger charge is 2.27. The number of ether oxygens (including phenoxy) is 1. The van der Waals surface area contributed by atoms with Crippen LogP contribution in [0, 0.1) is 0 Å². The summed E-state index contributed by atoms with van der Waals surface area (Å²) in [5, 5.41) is 0. The zero-order valence-electron chi connectivity index (χ0n) is 19.6. The number of hydrogen-bond acceptors (Lipinski definition) is 4. The molecule has 0 fully saturated rings. The molecule has 5 heteroatoms. The number of anilines is 1. The lowest BCUT2D eigenvalue weighted by molar-refractivity contribution is -0.521. The third-order valence-corrected chi connectivity index (χ3v) is 7.33. The Morgan fingerprint density at radius 3 is 2.29 bits per heavy atom. The van der Waals surface area contributed by atoms with Crippen molar-refractivity contribution in [2.75, 3.05) is 19.1 Å². The van der Waals surface area contributed by atoms with Crippen LogP contribution in [-0.2, 0) is 0 Å². The highest BCUT2D eigenvalue weighted by atomic mass is 32.1.